The monoisotopic (exact) mass is 395 g/mol. The van der Waals surface area contributed by atoms with E-state index in [2.05, 4.69) is 10.6 Å². The number of rotatable bonds is 8. The van der Waals surface area contributed by atoms with Crippen molar-refractivity contribution in [3.8, 4) is 11.1 Å². The minimum absolute atomic E-state index is 0.00490. The van der Waals surface area contributed by atoms with E-state index in [0.717, 1.165) is 16.0 Å². The van der Waals surface area contributed by atoms with Gasteiger partial charge in [-0.2, -0.15) is 0 Å². The van der Waals surface area contributed by atoms with E-state index in [9.17, 15) is 19.2 Å². The maximum Gasteiger partial charge on any atom is 0.324 e. The van der Waals surface area contributed by atoms with Crippen LogP contribution in [0.3, 0.4) is 0 Å². The van der Waals surface area contributed by atoms with Gasteiger partial charge in [0.2, 0.25) is 5.91 Å². The number of anilines is 1. The topological polar surface area (TPSA) is 105 Å². The van der Waals surface area contributed by atoms with E-state index in [-0.39, 0.29) is 31.8 Å². The molecule has 0 spiro atoms. The Morgan fingerprint density at radius 1 is 1.03 bits per heavy atom. The van der Waals surface area contributed by atoms with Gasteiger partial charge < -0.3 is 15.4 Å². The first-order valence-corrected chi connectivity index (χ1v) is 9.22. The summed E-state index contributed by atoms with van der Waals surface area (Å²) in [6.45, 7) is -0.296. The Bertz CT molecular complexity index is 898. The first-order valence-electron chi connectivity index (χ1n) is 9.22. The molecule has 2 N–H and O–H groups in total. The number of amides is 4. The van der Waals surface area contributed by atoms with Crippen LogP contribution < -0.4 is 10.6 Å². The number of hydrogen-bond acceptors (Lipinski definition) is 5. The van der Waals surface area contributed by atoms with Gasteiger partial charge in [0.05, 0.1) is 6.54 Å². The minimum Gasteiger partial charge on any atom is -0.456 e. The largest absolute Gasteiger partial charge is 0.456 e. The summed E-state index contributed by atoms with van der Waals surface area (Å²) < 4.78 is 4.99. The van der Waals surface area contributed by atoms with E-state index >= 15 is 0 Å². The predicted octanol–water partition coefficient (Wildman–Crippen LogP) is 2.17. The third kappa shape index (κ3) is 5.41. The van der Waals surface area contributed by atoms with Gasteiger partial charge >= 0.3 is 12.0 Å². The van der Waals surface area contributed by atoms with Gasteiger partial charge in [0.25, 0.3) is 5.91 Å². The van der Waals surface area contributed by atoms with Crippen LogP contribution in [0.5, 0.6) is 0 Å². The van der Waals surface area contributed by atoms with Crippen LogP contribution in [0.25, 0.3) is 11.1 Å². The lowest BCUT2D eigenvalue weighted by Gasteiger charge is -2.12. The number of urea groups is 1. The molecule has 0 aliphatic carbocycles. The summed E-state index contributed by atoms with van der Waals surface area (Å²) in [6.07, 6.45) is 0.279. The molecular formula is C21H21N3O5. The molecular weight excluding hydrogens is 374 g/mol. The van der Waals surface area contributed by atoms with Crippen LogP contribution in [0.2, 0.25) is 0 Å². The number of hydrogen-bond donors (Lipinski definition) is 2. The van der Waals surface area contributed by atoms with Crippen molar-refractivity contribution < 1.29 is 23.9 Å². The number of carbonyl (C=O) groups excluding carboxylic acids is 4. The fourth-order valence-corrected chi connectivity index (χ4v) is 2.93. The molecule has 8 heteroatoms. The van der Waals surface area contributed by atoms with Gasteiger partial charge in [-0.05, 0) is 18.1 Å². The zero-order chi connectivity index (χ0) is 20.6. The second kappa shape index (κ2) is 9.50. The van der Waals surface area contributed by atoms with Gasteiger partial charge in [0.15, 0.2) is 6.61 Å². The van der Waals surface area contributed by atoms with Crippen LogP contribution in [0, 0.1) is 0 Å². The van der Waals surface area contributed by atoms with Gasteiger partial charge in [-0.25, -0.2) is 4.79 Å². The molecule has 0 unspecified atom stereocenters. The summed E-state index contributed by atoms with van der Waals surface area (Å²) in [7, 11) is 0. The van der Waals surface area contributed by atoms with Gasteiger partial charge in [0, 0.05) is 24.2 Å². The van der Waals surface area contributed by atoms with Crippen molar-refractivity contribution in [3.63, 3.8) is 0 Å². The van der Waals surface area contributed by atoms with Crippen LogP contribution >= 0.6 is 0 Å². The standard InChI is InChI=1S/C21H21N3O5/c25-18(14-29-20(27)11-6-12-24-19(26)13-22-21(24)28)23-17-10-5-4-9-16(17)15-7-2-1-3-8-15/h1-5,7-10H,6,11-14H2,(H,22,28)(H,23,25). The lowest BCUT2D eigenvalue weighted by atomic mass is 10.0. The average molecular weight is 395 g/mol. The quantitative estimate of drug-likeness (QED) is 0.526. The molecule has 3 rings (SSSR count). The molecule has 2 aromatic carbocycles. The summed E-state index contributed by atoms with van der Waals surface area (Å²) in [5, 5.41) is 5.16. The maximum absolute atomic E-state index is 12.2. The van der Waals surface area contributed by atoms with Gasteiger partial charge in [-0.3, -0.25) is 19.3 Å². The minimum atomic E-state index is -0.566. The lowest BCUT2D eigenvalue weighted by molar-refractivity contribution is -0.147. The van der Waals surface area contributed by atoms with Crippen molar-refractivity contribution in [2.75, 3.05) is 25.0 Å². The number of benzene rings is 2. The van der Waals surface area contributed by atoms with E-state index in [1.54, 1.807) is 6.07 Å². The van der Waals surface area contributed by atoms with Crippen LogP contribution in [0.1, 0.15) is 12.8 Å². The summed E-state index contributed by atoms with van der Waals surface area (Å²) in [5.41, 5.74) is 2.44. The number of carbonyl (C=O) groups is 4. The highest BCUT2D eigenvalue weighted by molar-refractivity contribution is 6.02. The molecule has 4 amide bonds. The van der Waals surface area contributed by atoms with Crippen molar-refractivity contribution in [1.29, 1.82) is 0 Å². The first-order chi connectivity index (χ1) is 14.0. The fraction of sp³-hybridized carbons (Fsp3) is 0.238. The molecule has 0 aromatic heterocycles. The highest BCUT2D eigenvalue weighted by atomic mass is 16.5. The highest BCUT2D eigenvalue weighted by Crippen LogP contribution is 2.27. The zero-order valence-electron chi connectivity index (χ0n) is 15.7. The molecule has 29 heavy (non-hydrogen) atoms. The summed E-state index contributed by atoms with van der Waals surface area (Å²) >= 11 is 0. The number of nitrogens with zero attached hydrogens (tertiary/aromatic N) is 1. The van der Waals surface area contributed by atoms with Gasteiger partial charge in [0.1, 0.15) is 0 Å². The Morgan fingerprint density at radius 2 is 1.76 bits per heavy atom. The predicted molar refractivity (Wildman–Crippen MR) is 106 cm³/mol. The smallest absolute Gasteiger partial charge is 0.324 e. The molecule has 1 saturated heterocycles. The second-order valence-electron chi connectivity index (χ2n) is 6.43. The van der Waals surface area contributed by atoms with Crippen molar-refractivity contribution in [1.82, 2.24) is 10.2 Å². The van der Waals surface area contributed by atoms with Gasteiger partial charge in [-0.1, -0.05) is 48.5 Å². The Balaban J connectivity index is 1.45. The molecule has 8 nitrogen and oxygen atoms in total. The average Bonchev–Trinajstić information content (AvgIpc) is 3.05. The molecule has 0 radical (unpaired) electrons. The van der Waals surface area contributed by atoms with Crippen molar-refractivity contribution in [2.45, 2.75) is 12.8 Å². The normalized spacial score (nSPS) is 13.2. The molecule has 1 heterocycles. The third-order valence-corrected chi connectivity index (χ3v) is 4.35. The van der Waals surface area contributed by atoms with E-state index in [4.69, 9.17) is 4.74 Å². The zero-order valence-corrected chi connectivity index (χ0v) is 15.7. The Morgan fingerprint density at radius 3 is 2.48 bits per heavy atom. The molecule has 1 aliphatic rings. The van der Waals surface area contributed by atoms with Crippen molar-refractivity contribution in [2.24, 2.45) is 0 Å². The fourth-order valence-electron chi connectivity index (χ4n) is 2.93. The van der Waals surface area contributed by atoms with E-state index in [1.165, 1.54) is 0 Å². The Hall–Kier alpha value is -3.68. The Labute approximate surface area is 167 Å². The molecule has 1 fully saturated rings. The lowest BCUT2D eigenvalue weighted by Crippen LogP contribution is -2.32. The molecule has 0 saturated carbocycles. The van der Waals surface area contributed by atoms with Crippen LogP contribution in [-0.4, -0.2) is 48.4 Å². The van der Waals surface area contributed by atoms with E-state index < -0.39 is 24.5 Å². The number of imide groups is 1. The molecule has 1 aliphatic heterocycles. The van der Waals surface area contributed by atoms with Crippen molar-refractivity contribution >= 4 is 29.5 Å². The van der Waals surface area contributed by atoms with Crippen LogP contribution in [-0.2, 0) is 19.1 Å². The summed E-state index contributed by atoms with van der Waals surface area (Å²) in [4.78, 5) is 47.9. The van der Waals surface area contributed by atoms with Gasteiger partial charge in [-0.15, -0.1) is 0 Å². The second-order valence-corrected chi connectivity index (χ2v) is 6.43. The van der Waals surface area contributed by atoms with Crippen LogP contribution in [0.4, 0.5) is 10.5 Å². The van der Waals surface area contributed by atoms with E-state index in [0.29, 0.717) is 5.69 Å². The van der Waals surface area contributed by atoms with Crippen LogP contribution in [0.15, 0.2) is 54.6 Å². The number of nitrogens with one attached hydrogen (secondary N) is 2. The molecule has 150 valence electrons. The summed E-state index contributed by atoms with van der Waals surface area (Å²) in [6, 6.07) is 16.5. The molecule has 2 aromatic rings. The maximum atomic E-state index is 12.2. The summed E-state index contributed by atoms with van der Waals surface area (Å²) in [5.74, 6) is -1.33. The molecule has 0 atom stereocenters. The number of ether oxygens (including phenoxy) is 1. The SMILES string of the molecule is O=C(COC(=O)CCCN1C(=O)CNC1=O)Nc1ccccc1-c1ccccc1. The molecule has 0 bridgehead atoms. The Kier molecular flexibility index (Phi) is 6.57. The van der Waals surface area contributed by atoms with E-state index in [1.807, 2.05) is 48.5 Å². The van der Waals surface area contributed by atoms with Crippen molar-refractivity contribution in [3.05, 3.63) is 54.6 Å². The number of para-hydroxylation sites is 1. The highest BCUT2D eigenvalue weighted by Gasteiger charge is 2.27. The third-order valence-electron chi connectivity index (χ3n) is 4.35. The number of esters is 1. The first kappa shape index (κ1) is 20.1.